The van der Waals surface area contributed by atoms with Gasteiger partial charge in [-0.15, -0.1) is 0 Å². The summed E-state index contributed by atoms with van der Waals surface area (Å²) in [5.41, 5.74) is 0.448. The van der Waals surface area contributed by atoms with E-state index in [0.717, 1.165) is 34.1 Å². The molecule has 0 bridgehead atoms. The Hall–Kier alpha value is -4.82. The number of anilines is 1. The molecule has 1 aliphatic rings. The Morgan fingerprint density at radius 2 is 1.82 bits per heavy atom. The number of amides is 1. The number of aryl methyl sites for hydroxylation is 1. The van der Waals surface area contributed by atoms with Crippen molar-refractivity contribution in [3.63, 3.8) is 0 Å². The Morgan fingerprint density at radius 1 is 1.02 bits per heavy atom. The first-order valence-electron chi connectivity index (χ1n) is 13.8. The molecule has 232 valence electrons. The molecule has 0 unspecified atom stereocenters. The molecule has 3 heterocycles. The Bertz CT molecular complexity index is 2280. The number of nitrogens with zero attached hydrogens (tertiary/aromatic N) is 2. The molecular weight excluding hydrogens is 626 g/mol. The van der Waals surface area contributed by atoms with E-state index in [-0.39, 0.29) is 51.8 Å². The second-order valence-electron chi connectivity index (χ2n) is 10.7. The fourth-order valence-corrected chi connectivity index (χ4v) is 8.11. The number of aromatic amines is 1. The largest absolute Gasteiger partial charge is 0.331 e. The predicted molar refractivity (Wildman–Crippen MR) is 165 cm³/mol. The average molecular weight is 653 g/mol. The third-order valence-electron chi connectivity index (χ3n) is 7.60. The summed E-state index contributed by atoms with van der Waals surface area (Å²) in [5, 5.41) is 0.410. The zero-order valence-corrected chi connectivity index (χ0v) is 25.4. The number of hydrogen-bond acceptors (Lipinski definition) is 6. The van der Waals surface area contributed by atoms with E-state index >= 15 is 0 Å². The Kier molecular flexibility index (Phi) is 7.57. The maximum absolute atomic E-state index is 14.9. The maximum Gasteiger partial charge on any atom is 0.282 e. The van der Waals surface area contributed by atoms with Crippen LogP contribution in [0.15, 0.2) is 88.7 Å². The van der Waals surface area contributed by atoms with Gasteiger partial charge < -0.3 is 9.55 Å². The maximum atomic E-state index is 14.9. The van der Waals surface area contributed by atoms with Crippen LogP contribution < -0.4 is 14.6 Å². The Balaban J connectivity index is 1.52. The molecule has 5 aromatic rings. The highest BCUT2D eigenvalue weighted by Crippen LogP contribution is 2.36. The third-order valence-corrected chi connectivity index (χ3v) is 10.8. The molecule has 6 rings (SSSR count). The van der Waals surface area contributed by atoms with Crippen molar-refractivity contribution >= 4 is 42.5 Å². The van der Waals surface area contributed by atoms with Gasteiger partial charge in [0.05, 0.1) is 22.9 Å². The van der Waals surface area contributed by atoms with Crippen molar-refractivity contribution < 1.29 is 30.4 Å². The Morgan fingerprint density at radius 3 is 2.56 bits per heavy atom. The molecule has 3 aromatic carbocycles. The Labute approximate surface area is 257 Å². The summed E-state index contributed by atoms with van der Waals surface area (Å²) >= 11 is 0. The van der Waals surface area contributed by atoms with Gasteiger partial charge in [0.25, 0.3) is 21.5 Å². The first-order valence-corrected chi connectivity index (χ1v) is 16.9. The fraction of sp³-hybridized carbons (Fsp3) is 0.161. The smallest absolute Gasteiger partial charge is 0.282 e. The van der Waals surface area contributed by atoms with E-state index in [1.165, 1.54) is 41.1 Å². The molecular formula is C31H26F2N4O6S2. The minimum Gasteiger partial charge on any atom is -0.331 e. The lowest BCUT2D eigenvalue weighted by molar-refractivity contribution is 0.0974. The zero-order chi connectivity index (χ0) is 32.1. The highest BCUT2D eigenvalue weighted by molar-refractivity contribution is 7.93. The first kappa shape index (κ1) is 30.2. The lowest BCUT2D eigenvalue weighted by atomic mass is 10.0. The number of carbonyl (C=O) groups excluding carboxylic acids is 1. The monoisotopic (exact) mass is 652 g/mol. The van der Waals surface area contributed by atoms with Gasteiger partial charge in [-0.3, -0.25) is 13.9 Å². The summed E-state index contributed by atoms with van der Waals surface area (Å²) in [5.74, 6) is -2.68. The standard InChI is InChI=1S/C31H26F2N4O6S2/c1-19-8-11-27-25(15-19)28(24-7-3-12-34-30(24)38)29(36(27)18-20-16-21(32)9-10-26(20)33)31(39)35-45(42,43)23-6-2-5-22(17-23)37-13-4-14-44(37,40)41/h2-3,5-12,15-17H,4,13-14,18H2,1H3,(H,34,38)(H,35,39). The molecule has 0 radical (unpaired) electrons. The second kappa shape index (κ2) is 11.3. The van der Waals surface area contributed by atoms with E-state index in [9.17, 15) is 35.2 Å². The van der Waals surface area contributed by atoms with Crippen LogP contribution in [0.5, 0.6) is 0 Å². The number of pyridine rings is 1. The van der Waals surface area contributed by atoms with Crippen molar-refractivity contribution in [3.8, 4) is 11.1 Å². The molecule has 45 heavy (non-hydrogen) atoms. The SMILES string of the molecule is Cc1ccc2c(c1)c(-c1ccc[nH]c1=O)c(C(=O)NS(=O)(=O)c1cccc(N3CCCS3(=O)=O)c1)n2Cc1cc(F)ccc1F. The molecule has 14 heteroatoms. The van der Waals surface area contributed by atoms with Gasteiger partial charge in [-0.1, -0.05) is 17.7 Å². The lowest BCUT2D eigenvalue weighted by Crippen LogP contribution is -2.33. The quantitative estimate of drug-likeness (QED) is 0.269. The molecule has 1 saturated heterocycles. The van der Waals surface area contributed by atoms with Gasteiger partial charge in [0.15, 0.2) is 0 Å². The van der Waals surface area contributed by atoms with E-state index in [1.807, 2.05) is 4.72 Å². The van der Waals surface area contributed by atoms with Gasteiger partial charge in [0.2, 0.25) is 10.0 Å². The average Bonchev–Trinajstić information content (AvgIpc) is 3.51. The molecule has 1 fully saturated rings. The van der Waals surface area contributed by atoms with Crippen LogP contribution in [0.4, 0.5) is 14.5 Å². The van der Waals surface area contributed by atoms with Gasteiger partial charge in [-0.05, 0) is 74.0 Å². The molecule has 0 atom stereocenters. The van der Waals surface area contributed by atoms with Crippen LogP contribution in [-0.4, -0.2) is 44.6 Å². The zero-order valence-electron chi connectivity index (χ0n) is 23.8. The fourth-order valence-electron chi connectivity index (χ4n) is 5.56. The number of rotatable bonds is 7. The molecule has 2 N–H and O–H groups in total. The molecule has 0 spiro atoms. The normalized spacial score (nSPS) is 14.6. The second-order valence-corrected chi connectivity index (χ2v) is 14.3. The molecule has 1 amide bonds. The van der Waals surface area contributed by atoms with Crippen LogP contribution >= 0.6 is 0 Å². The summed E-state index contributed by atoms with van der Waals surface area (Å²) < 4.78 is 85.7. The number of halogens is 2. The van der Waals surface area contributed by atoms with Crippen molar-refractivity contribution in [2.75, 3.05) is 16.6 Å². The summed E-state index contributed by atoms with van der Waals surface area (Å²) in [6.45, 7) is 1.60. The van der Waals surface area contributed by atoms with Gasteiger partial charge in [0, 0.05) is 40.3 Å². The minimum absolute atomic E-state index is 0.0512. The minimum atomic E-state index is -4.61. The van der Waals surface area contributed by atoms with Crippen LogP contribution in [0.1, 0.15) is 28.0 Å². The topological polar surface area (TPSA) is 138 Å². The number of H-pyrrole nitrogens is 1. The van der Waals surface area contributed by atoms with Gasteiger partial charge in [-0.2, -0.15) is 0 Å². The summed E-state index contributed by atoms with van der Waals surface area (Å²) in [6.07, 6.45) is 1.78. The van der Waals surface area contributed by atoms with Crippen LogP contribution in [0.3, 0.4) is 0 Å². The number of fused-ring (bicyclic) bond motifs is 1. The van der Waals surface area contributed by atoms with Crippen LogP contribution in [0, 0.1) is 18.6 Å². The first-order chi connectivity index (χ1) is 21.4. The van der Waals surface area contributed by atoms with Crippen molar-refractivity contribution in [2.45, 2.75) is 24.8 Å². The van der Waals surface area contributed by atoms with E-state index in [2.05, 4.69) is 4.98 Å². The molecule has 0 aliphatic carbocycles. The van der Waals surface area contributed by atoms with Gasteiger partial charge >= 0.3 is 0 Å². The third kappa shape index (κ3) is 5.62. The summed E-state index contributed by atoms with van der Waals surface area (Å²) in [6, 6.07) is 16.2. The number of carbonyl (C=O) groups is 1. The van der Waals surface area contributed by atoms with Crippen LogP contribution in [0.2, 0.25) is 0 Å². The molecule has 1 aliphatic heterocycles. The van der Waals surface area contributed by atoms with E-state index in [0.29, 0.717) is 17.3 Å². The van der Waals surface area contributed by atoms with Gasteiger partial charge in [0.1, 0.15) is 17.3 Å². The van der Waals surface area contributed by atoms with Crippen LogP contribution in [0.25, 0.3) is 22.0 Å². The van der Waals surface area contributed by atoms with Crippen molar-refractivity contribution in [1.29, 1.82) is 0 Å². The van der Waals surface area contributed by atoms with Gasteiger partial charge in [-0.25, -0.2) is 30.3 Å². The molecule has 10 nitrogen and oxygen atoms in total. The van der Waals surface area contributed by atoms with Crippen LogP contribution in [-0.2, 0) is 26.6 Å². The lowest BCUT2D eigenvalue weighted by Gasteiger charge is -2.18. The summed E-state index contributed by atoms with van der Waals surface area (Å²) in [7, 11) is -8.22. The van der Waals surface area contributed by atoms with Crippen molar-refractivity contribution in [3.05, 3.63) is 118 Å². The van der Waals surface area contributed by atoms with Crippen molar-refractivity contribution in [2.24, 2.45) is 0 Å². The number of nitrogens with one attached hydrogen (secondary N) is 2. The number of sulfonamides is 2. The number of benzene rings is 3. The van der Waals surface area contributed by atoms with E-state index in [1.54, 1.807) is 25.1 Å². The number of hydrogen-bond donors (Lipinski definition) is 2. The number of aromatic nitrogens is 2. The summed E-state index contributed by atoms with van der Waals surface area (Å²) in [4.78, 5) is 29.3. The van der Waals surface area contributed by atoms with Crippen molar-refractivity contribution in [1.82, 2.24) is 14.3 Å². The predicted octanol–water partition coefficient (Wildman–Crippen LogP) is 4.29. The van der Waals surface area contributed by atoms with E-state index < -0.39 is 43.1 Å². The highest BCUT2D eigenvalue weighted by atomic mass is 32.2. The highest BCUT2D eigenvalue weighted by Gasteiger charge is 2.32. The molecule has 0 saturated carbocycles. The van der Waals surface area contributed by atoms with E-state index in [4.69, 9.17) is 0 Å². The molecule has 2 aromatic heterocycles.